The molecule has 2 unspecified atom stereocenters. The number of hydrazine groups is 1. The highest BCUT2D eigenvalue weighted by Gasteiger charge is 2.30. The lowest BCUT2D eigenvalue weighted by molar-refractivity contribution is -0.136. The zero-order chi connectivity index (χ0) is 12.9. The van der Waals surface area contributed by atoms with Crippen molar-refractivity contribution in [3.8, 4) is 0 Å². The third kappa shape index (κ3) is 5.46. The number of likely N-dealkylation sites (N-methyl/N-ethyl adjacent to an activating group) is 1. The fourth-order valence-corrected chi connectivity index (χ4v) is 3.35. The fourth-order valence-electron chi connectivity index (χ4n) is 2.04. The first-order chi connectivity index (χ1) is 7.94. The monoisotopic (exact) mass is 271 g/mol. The Morgan fingerprint density at radius 1 is 1.53 bits per heavy atom. The van der Waals surface area contributed by atoms with Crippen LogP contribution in [0.3, 0.4) is 0 Å². The molecule has 0 radical (unpaired) electrons. The van der Waals surface area contributed by atoms with Crippen LogP contribution in [0.5, 0.6) is 0 Å². The molecule has 102 valence electrons. The van der Waals surface area contributed by atoms with Crippen LogP contribution in [0.1, 0.15) is 19.3 Å². The lowest BCUT2D eigenvalue weighted by Gasteiger charge is -2.37. The summed E-state index contributed by atoms with van der Waals surface area (Å²) in [6.45, 7) is 0.965. The lowest BCUT2D eigenvalue weighted by Crippen LogP contribution is -2.54. The first-order valence-corrected chi connectivity index (χ1v) is 6.90. The highest BCUT2D eigenvalue weighted by atomic mass is 32.2. The van der Waals surface area contributed by atoms with Crippen molar-refractivity contribution in [2.45, 2.75) is 37.5 Å². The van der Waals surface area contributed by atoms with Crippen LogP contribution >= 0.6 is 11.8 Å². The van der Waals surface area contributed by atoms with Crippen molar-refractivity contribution < 1.29 is 13.2 Å². The number of hydrogen-bond donors (Lipinski definition) is 2. The van der Waals surface area contributed by atoms with Crippen molar-refractivity contribution in [1.29, 1.82) is 0 Å². The van der Waals surface area contributed by atoms with Gasteiger partial charge in [0.1, 0.15) is 0 Å². The number of thioether (sulfide) groups is 1. The molecule has 1 saturated heterocycles. The zero-order valence-electron chi connectivity index (χ0n) is 9.96. The van der Waals surface area contributed by atoms with Gasteiger partial charge in [-0.15, -0.1) is 0 Å². The third-order valence-electron chi connectivity index (χ3n) is 3.10. The summed E-state index contributed by atoms with van der Waals surface area (Å²) in [5.74, 6) is 7.45. The molecule has 0 spiro atoms. The second-order valence-electron chi connectivity index (χ2n) is 4.40. The van der Waals surface area contributed by atoms with Crippen molar-refractivity contribution in [1.82, 2.24) is 10.3 Å². The van der Waals surface area contributed by atoms with Crippen LogP contribution in [0, 0.1) is 0 Å². The van der Waals surface area contributed by atoms with E-state index in [0.717, 1.165) is 18.1 Å². The topological polar surface area (TPSA) is 41.3 Å². The number of halogens is 3. The highest BCUT2D eigenvalue weighted by molar-refractivity contribution is 7.99. The van der Waals surface area contributed by atoms with Gasteiger partial charge in [0.15, 0.2) is 0 Å². The predicted octanol–water partition coefficient (Wildman–Crippen LogP) is 1.60. The molecule has 1 aliphatic heterocycles. The lowest BCUT2D eigenvalue weighted by atomic mass is 10.0. The van der Waals surface area contributed by atoms with E-state index < -0.39 is 12.6 Å². The number of nitrogens with zero attached hydrogens (tertiary/aromatic N) is 1. The summed E-state index contributed by atoms with van der Waals surface area (Å²) in [5, 5.41) is 0. The van der Waals surface area contributed by atoms with E-state index in [9.17, 15) is 13.2 Å². The number of nitrogens with one attached hydrogen (secondary N) is 1. The molecule has 0 bridgehead atoms. The molecule has 0 aliphatic carbocycles. The summed E-state index contributed by atoms with van der Waals surface area (Å²) in [5.41, 5.74) is 2.67. The number of nitrogens with two attached hydrogens (primary N) is 1. The third-order valence-corrected chi connectivity index (χ3v) is 4.15. The number of hydrogen-bond acceptors (Lipinski definition) is 4. The van der Waals surface area contributed by atoms with Crippen LogP contribution in [0.15, 0.2) is 0 Å². The van der Waals surface area contributed by atoms with E-state index in [4.69, 9.17) is 5.84 Å². The molecule has 1 heterocycles. The quantitative estimate of drug-likeness (QED) is 0.589. The second kappa shape index (κ2) is 6.82. The Hall–Kier alpha value is 0.0200. The van der Waals surface area contributed by atoms with Crippen LogP contribution < -0.4 is 11.3 Å². The smallest absolute Gasteiger partial charge is 0.300 e. The molecule has 0 amide bonds. The zero-order valence-corrected chi connectivity index (χ0v) is 10.8. The molecule has 1 fully saturated rings. The maximum absolute atomic E-state index is 12.1. The summed E-state index contributed by atoms with van der Waals surface area (Å²) >= 11 is 1.83. The van der Waals surface area contributed by atoms with E-state index in [1.54, 1.807) is 0 Å². The van der Waals surface area contributed by atoms with Gasteiger partial charge in [-0.05, 0) is 19.9 Å². The van der Waals surface area contributed by atoms with Gasteiger partial charge in [0.2, 0.25) is 0 Å². The van der Waals surface area contributed by atoms with Crippen LogP contribution in [-0.4, -0.2) is 48.3 Å². The van der Waals surface area contributed by atoms with Gasteiger partial charge >= 0.3 is 6.18 Å². The Balaban J connectivity index is 2.36. The van der Waals surface area contributed by atoms with Gasteiger partial charge in [0.05, 0.1) is 0 Å². The van der Waals surface area contributed by atoms with Gasteiger partial charge in [-0.25, -0.2) is 0 Å². The first-order valence-electron chi connectivity index (χ1n) is 5.75. The summed E-state index contributed by atoms with van der Waals surface area (Å²) in [6.07, 6.45) is -4.19. The summed E-state index contributed by atoms with van der Waals surface area (Å²) in [7, 11) is 2.00. The molecule has 1 aliphatic rings. The van der Waals surface area contributed by atoms with Crippen LogP contribution in [-0.2, 0) is 0 Å². The highest BCUT2D eigenvalue weighted by Crippen LogP contribution is 2.25. The van der Waals surface area contributed by atoms with Crippen LogP contribution in [0.2, 0.25) is 0 Å². The Bertz CT molecular complexity index is 225. The number of rotatable bonds is 5. The van der Waals surface area contributed by atoms with Gasteiger partial charge in [-0.2, -0.15) is 24.9 Å². The van der Waals surface area contributed by atoms with Gasteiger partial charge in [-0.3, -0.25) is 11.3 Å². The molecule has 7 heteroatoms. The first kappa shape index (κ1) is 15.1. The van der Waals surface area contributed by atoms with Crippen molar-refractivity contribution >= 4 is 11.8 Å². The molecule has 3 N–H and O–H groups in total. The van der Waals surface area contributed by atoms with E-state index in [1.807, 2.05) is 18.8 Å². The fraction of sp³-hybridized carbons (Fsp3) is 1.00. The molecule has 17 heavy (non-hydrogen) atoms. The molecular formula is C10H20F3N3S. The van der Waals surface area contributed by atoms with E-state index in [0.29, 0.717) is 6.42 Å². The molecule has 0 saturated carbocycles. The average molecular weight is 271 g/mol. The van der Waals surface area contributed by atoms with Crippen molar-refractivity contribution in [3.63, 3.8) is 0 Å². The van der Waals surface area contributed by atoms with Gasteiger partial charge in [0.25, 0.3) is 0 Å². The van der Waals surface area contributed by atoms with Crippen molar-refractivity contribution in [2.24, 2.45) is 5.84 Å². The standard InChI is InChI=1S/C10H20F3N3S/c1-16-5-6-17-7-9(16)8(15-14)3-2-4-10(11,12)13/h8-9,15H,2-7,14H2,1H3. The van der Waals surface area contributed by atoms with Crippen LogP contribution in [0.4, 0.5) is 13.2 Å². The maximum Gasteiger partial charge on any atom is 0.389 e. The number of alkyl halides is 3. The summed E-state index contributed by atoms with van der Waals surface area (Å²) in [6, 6.07) is 0.169. The minimum Gasteiger partial charge on any atom is -0.300 e. The molecule has 2 atom stereocenters. The SMILES string of the molecule is CN1CCSCC1C(CCCC(F)(F)F)NN. The minimum atomic E-state index is -4.06. The van der Waals surface area contributed by atoms with Crippen LogP contribution in [0.25, 0.3) is 0 Å². The average Bonchev–Trinajstić information content (AvgIpc) is 2.24. The van der Waals surface area contributed by atoms with Gasteiger partial charge in [0, 0.05) is 36.6 Å². The van der Waals surface area contributed by atoms with E-state index >= 15 is 0 Å². The molecule has 0 aromatic rings. The van der Waals surface area contributed by atoms with E-state index in [2.05, 4.69) is 10.3 Å². The van der Waals surface area contributed by atoms with E-state index in [-0.39, 0.29) is 18.5 Å². The maximum atomic E-state index is 12.1. The van der Waals surface area contributed by atoms with Crippen molar-refractivity contribution in [3.05, 3.63) is 0 Å². The molecule has 0 aromatic heterocycles. The Morgan fingerprint density at radius 3 is 2.76 bits per heavy atom. The Kier molecular flexibility index (Phi) is 6.05. The second-order valence-corrected chi connectivity index (χ2v) is 5.55. The predicted molar refractivity (Wildman–Crippen MR) is 64.8 cm³/mol. The van der Waals surface area contributed by atoms with E-state index in [1.165, 1.54) is 0 Å². The molecule has 3 nitrogen and oxygen atoms in total. The van der Waals surface area contributed by atoms with Gasteiger partial charge in [-0.1, -0.05) is 0 Å². The Labute approximate surface area is 104 Å². The molecule has 1 rings (SSSR count). The summed E-state index contributed by atoms with van der Waals surface area (Å²) < 4.78 is 36.2. The Morgan fingerprint density at radius 2 is 2.24 bits per heavy atom. The molecule has 0 aromatic carbocycles. The molecular weight excluding hydrogens is 251 g/mol. The minimum absolute atomic E-state index is 0.0600. The normalized spacial score (nSPS) is 24.9. The largest absolute Gasteiger partial charge is 0.389 e. The summed E-state index contributed by atoms with van der Waals surface area (Å²) in [4.78, 5) is 2.18. The van der Waals surface area contributed by atoms with Gasteiger partial charge < -0.3 is 4.90 Å². The van der Waals surface area contributed by atoms with Crippen molar-refractivity contribution in [2.75, 3.05) is 25.1 Å².